The number of aromatic nitrogens is 3. The fourth-order valence-electron chi connectivity index (χ4n) is 1.94. The zero-order valence-electron chi connectivity index (χ0n) is 13.1. The van der Waals surface area contributed by atoms with Crippen molar-refractivity contribution in [1.82, 2.24) is 15.0 Å². The quantitative estimate of drug-likeness (QED) is 0.687. The molecule has 0 radical (unpaired) electrons. The summed E-state index contributed by atoms with van der Waals surface area (Å²) in [6, 6.07) is 0.333. The first kappa shape index (κ1) is 16.5. The van der Waals surface area contributed by atoms with Crippen LogP contribution >= 0.6 is 0 Å². The maximum absolute atomic E-state index is 5.10. The lowest BCUT2D eigenvalue weighted by atomic mass is 9.99. The molecule has 0 aliphatic carbocycles. The molecule has 114 valence electrons. The molecule has 1 atom stereocenters. The Kier molecular flexibility index (Phi) is 7.69. The van der Waals surface area contributed by atoms with Gasteiger partial charge in [0.25, 0.3) is 0 Å². The largest absolute Gasteiger partial charge is 0.467 e. The minimum Gasteiger partial charge on any atom is -0.467 e. The van der Waals surface area contributed by atoms with Crippen molar-refractivity contribution in [2.45, 2.75) is 46.5 Å². The van der Waals surface area contributed by atoms with Crippen molar-refractivity contribution < 1.29 is 4.74 Å². The van der Waals surface area contributed by atoms with E-state index < -0.39 is 0 Å². The summed E-state index contributed by atoms with van der Waals surface area (Å²) in [5.41, 5.74) is 0. The molecule has 0 aromatic carbocycles. The van der Waals surface area contributed by atoms with Gasteiger partial charge < -0.3 is 15.4 Å². The molecule has 1 aromatic heterocycles. The van der Waals surface area contributed by atoms with E-state index in [2.05, 4.69) is 39.4 Å². The Bertz CT molecular complexity index is 386. The second-order valence-electron chi connectivity index (χ2n) is 4.80. The third kappa shape index (κ3) is 5.59. The molecule has 1 heterocycles. The molecule has 0 saturated heterocycles. The first-order valence-corrected chi connectivity index (χ1v) is 7.51. The Labute approximate surface area is 121 Å². The third-order valence-electron chi connectivity index (χ3n) is 3.22. The number of unbranched alkanes of at least 4 members (excludes halogenated alkanes) is 1. The lowest BCUT2D eigenvalue weighted by Gasteiger charge is -2.15. The van der Waals surface area contributed by atoms with E-state index in [0.29, 0.717) is 23.8 Å². The van der Waals surface area contributed by atoms with E-state index in [0.717, 1.165) is 19.5 Å². The lowest BCUT2D eigenvalue weighted by molar-refractivity contribution is 0.379. The predicted molar refractivity (Wildman–Crippen MR) is 82.3 cm³/mol. The van der Waals surface area contributed by atoms with Crippen LogP contribution in [0.5, 0.6) is 6.01 Å². The molecule has 0 saturated carbocycles. The van der Waals surface area contributed by atoms with Gasteiger partial charge in [-0.2, -0.15) is 15.0 Å². The Morgan fingerprint density at radius 3 is 2.30 bits per heavy atom. The highest BCUT2D eigenvalue weighted by atomic mass is 16.5. The van der Waals surface area contributed by atoms with E-state index >= 15 is 0 Å². The summed E-state index contributed by atoms with van der Waals surface area (Å²) in [6.45, 7) is 8.09. The smallest absolute Gasteiger partial charge is 0.322 e. The molecular formula is C14H27N5O. The normalized spacial score (nSPS) is 12.0. The van der Waals surface area contributed by atoms with Crippen LogP contribution in [-0.4, -0.2) is 35.2 Å². The number of hydrogen-bond donors (Lipinski definition) is 2. The van der Waals surface area contributed by atoms with Gasteiger partial charge in [0.1, 0.15) is 0 Å². The molecule has 2 N–H and O–H groups in total. The summed E-state index contributed by atoms with van der Waals surface area (Å²) < 4.78 is 5.10. The van der Waals surface area contributed by atoms with Crippen LogP contribution in [-0.2, 0) is 0 Å². The number of hydrogen-bond acceptors (Lipinski definition) is 6. The van der Waals surface area contributed by atoms with E-state index in [9.17, 15) is 0 Å². The maximum Gasteiger partial charge on any atom is 0.322 e. The summed E-state index contributed by atoms with van der Waals surface area (Å²) in [4.78, 5) is 12.7. The molecule has 1 rings (SSSR count). The highest BCUT2D eigenvalue weighted by molar-refractivity contribution is 5.35. The molecule has 1 aromatic rings. The van der Waals surface area contributed by atoms with E-state index in [-0.39, 0.29) is 0 Å². The van der Waals surface area contributed by atoms with E-state index in [4.69, 9.17) is 4.74 Å². The summed E-state index contributed by atoms with van der Waals surface area (Å²) in [7, 11) is 1.56. The van der Waals surface area contributed by atoms with Crippen LogP contribution in [0.25, 0.3) is 0 Å². The number of rotatable bonds is 10. The summed E-state index contributed by atoms with van der Waals surface area (Å²) >= 11 is 0. The third-order valence-corrected chi connectivity index (χ3v) is 3.22. The van der Waals surface area contributed by atoms with Gasteiger partial charge in [-0.1, -0.05) is 33.1 Å². The van der Waals surface area contributed by atoms with Gasteiger partial charge in [-0.05, 0) is 19.3 Å². The van der Waals surface area contributed by atoms with E-state index in [1.807, 2.05) is 6.92 Å². The Morgan fingerprint density at radius 1 is 1.05 bits per heavy atom. The van der Waals surface area contributed by atoms with Crippen molar-refractivity contribution in [2.24, 2.45) is 5.92 Å². The minimum atomic E-state index is 0.333. The topological polar surface area (TPSA) is 72.0 Å². The average Bonchev–Trinajstić information content (AvgIpc) is 2.47. The Hall–Kier alpha value is -1.59. The van der Waals surface area contributed by atoms with Gasteiger partial charge >= 0.3 is 6.01 Å². The monoisotopic (exact) mass is 281 g/mol. The highest BCUT2D eigenvalue weighted by Gasteiger charge is 2.09. The zero-order valence-corrected chi connectivity index (χ0v) is 13.1. The van der Waals surface area contributed by atoms with Crippen molar-refractivity contribution in [1.29, 1.82) is 0 Å². The second-order valence-corrected chi connectivity index (χ2v) is 4.80. The molecule has 0 fully saturated rings. The summed E-state index contributed by atoms with van der Waals surface area (Å²) in [5, 5.41) is 6.37. The maximum atomic E-state index is 5.10. The number of anilines is 2. The van der Waals surface area contributed by atoms with Crippen LogP contribution in [0.3, 0.4) is 0 Å². The number of ether oxygens (including phenoxy) is 1. The first-order valence-electron chi connectivity index (χ1n) is 7.51. The Balaban J connectivity index is 2.63. The average molecular weight is 281 g/mol. The van der Waals surface area contributed by atoms with Crippen molar-refractivity contribution in [3.63, 3.8) is 0 Å². The fourth-order valence-corrected chi connectivity index (χ4v) is 1.94. The molecule has 0 aliphatic rings. The second kappa shape index (κ2) is 9.34. The van der Waals surface area contributed by atoms with Gasteiger partial charge in [-0.3, -0.25) is 0 Å². The Morgan fingerprint density at radius 2 is 1.75 bits per heavy atom. The van der Waals surface area contributed by atoms with E-state index in [1.165, 1.54) is 19.3 Å². The SMILES string of the molecule is CCCCC(CC)CNc1nc(NCC)nc(OC)n1. The van der Waals surface area contributed by atoms with Crippen LogP contribution in [0, 0.1) is 5.92 Å². The van der Waals surface area contributed by atoms with Gasteiger partial charge in [0, 0.05) is 13.1 Å². The highest BCUT2D eigenvalue weighted by Crippen LogP contribution is 2.15. The number of nitrogens with zero attached hydrogens (tertiary/aromatic N) is 3. The van der Waals surface area contributed by atoms with Crippen LogP contribution in [0.15, 0.2) is 0 Å². The van der Waals surface area contributed by atoms with E-state index in [1.54, 1.807) is 7.11 Å². The van der Waals surface area contributed by atoms with Crippen LogP contribution in [0.2, 0.25) is 0 Å². The molecule has 20 heavy (non-hydrogen) atoms. The minimum absolute atomic E-state index is 0.333. The van der Waals surface area contributed by atoms with Gasteiger partial charge in [0.05, 0.1) is 7.11 Å². The van der Waals surface area contributed by atoms with Crippen LogP contribution in [0.4, 0.5) is 11.9 Å². The molecule has 1 unspecified atom stereocenters. The molecule has 0 amide bonds. The lowest BCUT2D eigenvalue weighted by Crippen LogP contribution is -2.16. The molecular weight excluding hydrogens is 254 g/mol. The van der Waals surface area contributed by atoms with Crippen molar-refractivity contribution in [3.8, 4) is 6.01 Å². The van der Waals surface area contributed by atoms with Crippen molar-refractivity contribution >= 4 is 11.9 Å². The molecule has 6 heteroatoms. The van der Waals surface area contributed by atoms with Crippen LogP contribution < -0.4 is 15.4 Å². The number of nitrogens with one attached hydrogen (secondary N) is 2. The molecule has 0 spiro atoms. The molecule has 0 aliphatic heterocycles. The summed E-state index contributed by atoms with van der Waals surface area (Å²) in [6.07, 6.45) is 4.90. The molecule has 6 nitrogen and oxygen atoms in total. The summed E-state index contributed by atoms with van der Waals surface area (Å²) in [5.74, 6) is 1.77. The van der Waals surface area contributed by atoms with Gasteiger partial charge in [0.15, 0.2) is 0 Å². The standard InChI is InChI=1S/C14H27N5O/c1-5-8-9-11(6-2)10-16-13-17-12(15-7-3)18-14(19-13)20-4/h11H,5-10H2,1-4H3,(H2,15,16,17,18,19). The van der Waals surface area contributed by atoms with Crippen molar-refractivity contribution in [2.75, 3.05) is 30.8 Å². The fraction of sp³-hybridized carbons (Fsp3) is 0.786. The van der Waals surface area contributed by atoms with Gasteiger partial charge in [0.2, 0.25) is 11.9 Å². The number of methoxy groups -OCH3 is 1. The van der Waals surface area contributed by atoms with Crippen molar-refractivity contribution in [3.05, 3.63) is 0 Å². The zero-order chi connectivity index (χ0) is 14.8. The van der Waals surface area contributed by atoms with Gasteiger partial charge in [-0.25, -0.2) is 0 Å². The predicted octanol–water partition coefficient (Wildman–Crippen LogP) is 2.94. The van der Waals surface area contributed by atoms with Gasteiger partial charge in [-0.15, -0.1) is 0 Å². The van der Waals surface area contributed by atoms with Crippen LogP contribution in [0.1, 0.15) is 46.5 Å². The first-order chi connectivity index (χ1) is 9.73. The molecule has 0 bridgehead atoms.